The first-order chi connectivity index (χ1) is 11.4. The van der Waals surface area contributed by atoms with E-state index in [1.807, 2.05) is 6.07 Å². The minimum absolute atomic E-state index is 0.607. The molecule has 0 saturated heterocycles. The van der Waals surface area contributed by atoms with E-state index in [4.69, 9.17) is 0 Å². The Morgan fingerprint density at radius 3 is 1.79 bits per heavy atom. The van der Waals surface area contributed by atoms with Gasteiger partial charge in [-0.25, -0.2) is 0 Å². The minimum Gasteiger partial charge on any atom is -0.393 e. The van der Waals surface area contributed by atoms with Gasteiger partial charge in [-0.1, -0.05) is 60.7 Å². The zero-order valence-electron chi connectivity index (χ0n) is 12.9. The number of hydrogen-bond donors (Lipinski definition) is 5. The van der Waals surface area contributed by atoms with Crippen LogP contribution >= 0.6 is 0 Å². The lowest BCUT2D eigenvalue weighted by Gasteiger charge is -2.22. The highest BCUT2D eigenvalue weighted by Gasteiger charge is 2.92. The molecule has 5 nitrogen and oxygen atoms in total. The normalized spacial score (nSPS) is 43.5. The Bertz CT molecular complexity index is 751. The van der Waals surface area contributed by atoms with E-state index in [0.29, 0.717) is 11.1 Å². The number of aliphatic hydroxyl groups is 5. The number of benzene rings is 2. The minimum atomic E-state index is -2.02. The van der Waals surface area contributed by atoms with E-state index in [0.717, 1.165) is 0 Å². The molecule has 2 saturated carbocycles. The molecule has 24 heavy (non-hydrogen) atoms. The quantitative estimate of drug-likeness (QED) is 0.549. The van der Waals surface area contributed by atoms with E-state index in [2.05, 4.69) is 0 Å². The van der Waals surface area contributed by atoms with Gasteiger partial charge in [0.25, 0.3) is 0 Å². The lowest BCUT2D eigenvalue weighted by atomic mass is 9.97. The average molecular weight is 328 g/mol. The van der Waals surface area contributed by atoms with Gasteiger partial charge in [-0.15, -0.1) is 0 Å². The van der Waals surface area contributed by atoms with Gasteiger partial charge in [0.2, 0.25) is 0 Å². The van der Waals surface area contributed by atoms with Crippen molar-refractivity contribution < 1.29 is 25.5 Å². The van der Waals surface area contributed by atoms with Crippen LogP contribution in [-0.4, -0.2) is 55.0 Å². The second-order valence-electron chi connectivity index (χ2n) is 6.85. The molecule has 126 valence electrons. The first kappa shape index (κ1) is 15.7. The third-order valence-electron chi connectivity index (χ3n) is 5.75. The van der Waals surface area contributed by atoms with Crippen molar-refractivity contribution in [1.29, 1.82) is 0 Å². The van der Waals surface area contributed by atoms with Crippen LogP contribution in [0.1, 0.15) is 23.0 Å². The van der Waals surface area contributed by atoms with Gasteiger partial charge in [0, 0.05) is 5.92 Å². The van der Waals surface area contributed by atoms with Crippen LogP contribution in [0.4, 0.5) is 0 Å². The molecule has 0 radical (unpaired) electrons. The fourth-order valence-electron chi connectivity index (χ4n) is 4.37. The van der Waals surface area contributed by atoms with E-state index in [9.17, 15) is 25.5 Å². The summed E-state index contributed by atoms with van der Waals surface area (Å²) in [5.74, 6) is -1.58. The number of hydrogen-bond acceptors (Lipinski definition) is 5. The maximum absolute atomic E-state index is 11.1. The summed E-state index contributed by atoms with van der Waals surface area (Å²) >= 11 is 0. The molecule has 0 aromatic heterocycles. The van der Waals surface area contributed by atoms with Gasteiger partial charge >= 0.3 is 0 Å². The Morgan fingerprint density at radius 1 is 0.792 bits per heavy atom. The van der Waals surface area contributed by atoms with E-state index in [1.165, 1.54) is 0 Å². The lowest BCUT2D eigenvalue weighted by Crippen LogP contribution is -2.44. The van der Waals surface area contributed by atoms with Crippen LogP contribution in [0, 0.1) is 0 Å². The molecule has 0 aliphatic heterocycles. The Labute approximate surface area is 139 Å². The van der Waals surface area contributed by atoms with Gasteiger partial charge in [-0.05, 0) is 11.1 Å². The molecule has 2 fully saturated rings. The molecule has 2 aromatic rings. The maximum atomic E-state index is 11.1. The summed E-state index contributed by atoms with van der Waals surface area (Å²) in [4.78, 5) is 0. The largest absolute Gasteiger partial charge is 0.393 e. The molecule has 0 bridgehead atoms. The highest BCUT2D eigenvalue weighted by molar-refractivity contribution is 5.54. The summed E-state index contributed by atoms with van der Waals surface area (Å²) in [5, 5.41) is 53.0. The molecule has 3 unspecified atom stereocenters. The smallest absolute Gasteiger partial charge is 0.138 e. The first-order valence-electron chi connectivity index (χ1n) is 7.99. The predicted molar refractivity (Wildman–Crippen MR) is 86.3 cm³/mol. The van der Waals surface area contributed by atoms with Crippen molar-refractivity contribution in [3.05, 3.63) is 71.8 Å². The Hall–Kier alpha value is -1.76. The van der Waals surface area contributed by atoms with E-state index >= 15 is 0 Å². The zero-order valence-corrected chi connectivity index (χ0v) is 12.9. The van der Waals surface area contributed by atoms with Gasteiger partial charge in [0.1, 0.15) is 16.8 Å². The third-order valence-corrected chi connectivity index (χ3v) is 5.75. The van der Waals surface area contributed by atoms with Crippen molar-refractivity contribution in [2.45, 2.75) is 34.7 Å². The molecular weight excluding hydrogens is 308 g/mol. The summed E-state index contributed by atoms with van der Waals surface area (Å²) in [5.41, 5.74) is -4.54. The van der Waals surface area contributed by atoms with Crippen LogP contribution < -0.4 is 0 Å². The molecule has 0 amide bonds. The van der Waals surface area contributed by atoms with Crippen molar-refractivity contribution in [3.63, 3.8) is 0 Å². The molecule has 0 heterocycles. The second-order valence-corrected chi connectivity index (χ2v) is 6.85. The molecular formula is C19H20O5. The van der Waals surface area contributed by atoms with Crippen LogP contribution in [0.5, 0.6) is 0 Å². The monoisotopic (exact) mass is 328 g/mol. The summed E-state index contributed by atoms with van der Waals surface area (Å²) in [7, 11) is 0. The van der Waals surface area contributed by atoms with Gasteiger partial charge in [0.15, 0.2) is 0 Å². The van der Waals surface area contributed by atoms with Gasteiger partial charge in [0.05, 0.1) is 18.6 Å². The van der Waals surface area contributed by atoms with E-state index < -0.39 is 41.3 Å². The van der Waals surface area contributed by atoms with Crippen LogP contribution in [0.15, 0.2) is 60.7 Å². The zero-order chi connectivity index (χ0) is 17.2. The van der Waals surface area contributed by atoms with Crippen LogP contribution in [-0.2, 0) is 0 Å². The van der Waals surface area contributed by atoms with Crippen LogP contribution in [0.3, 0.4) is 0 Å². The first-order valence-corrected chi connectivity index (χ1v) is 7.99. The predicted octanol–water partition coefficient (Wildman–Crippen LogP) is 0.128. The van der Waals surface area contributed by atoms with Crippen molar-refractivity contribution >= 4 is 0 Å². The molecule has 5 heteroatoms. The summed E-state index contributed by atoms with van der Waals surface area (Å²) in [6.07, 6.45) is -1.21. The van der Waals surface area contributed by atoms with Crippen molar-refractivity contribution in [3.8, 4) is 0 Å². The summed E-state index contributed by atoms with van der Waals surface area (Å²) in [6, 6.07) is 17.7. The SMILES string of the molecule is OC[C@@]1(O)C(c2ccccc2)[C@]1(O)[C@]1(O)C(O)C1c1ccccc1. The number of aliphatic hydroxyl groups excluding tert-OH is 2. The molecule has 4 rings (SSSR count). The molecule has 5 N–H and O–H groups in total. The number of rotatable bonds is 4. The molecule has 2 aliphatic carbocycles. The van der Waals surface area contributed by atoms with Crippen LogP contribution in [0.25, 0.3) is 0 Å². The van der Waals surface area contributed by atoms with Crippen LogP contribution in [0.2, 0.25) is 0 Å². The van der Waals surface area contributed by atoms with Crippen molar-refractivity contribution in [1.82, 2.24) is 0 Å². The third kappa shape index (κ3) is 1.66. The van der Waals surface area contributed by atoms with Gasteiger partial charge < -0.3 is 25.5 Å². The lowest BCUT2D eigenvalue weighted by molar-refractivity contribution is -0.106. The highest BCUT2D eigenvalue weighted by atomic mass is 16.4. The van der Waals surface area contributed by atoms with E-state index in [-0.39, 0.29) is 0 Å². The Balaban J connectivity index is 1.75. The van der Waals surface area contributed by atoms with E-state index in [1.54, 1.807) is 54.6 Å². The fraction of sp³-hybridized carbons (Fsp3) is 0.368. The van der Waals surface area contributed by atoms with Gasteiger partial charge in [-0.2, -0.15) is 0 Å². The molecule has 2 aliphatic rings. The highest BCUT2D eigenvalue weighted by Crippen LogP contribution is 2.74. The molecule has 6 atom stereocenters. The summed E-state index contributed by atoms with van der Waals surface area (Å²) in [6.45, 7) is -0.709. The Morgan fingerprint density at radius 2 is 1.29 bits per heavy atom. The fourth-order valence-corrected chi connectivity index (χ4v) is 4.37. The molecule has 2 aromatic carbocycles. The van der Waals surface area contributed by atoms with Crippen molar-refractivity contribution in [2.24, 2.45) is 0 Å². The Kier molecular flexibility index (Phi) is 3.20. The average Bonchev–Trinajstić information content (AvgIpc) is 3.38. The second kappa shape index (κ2) is 4.88. The van der Waals surface area contributed by atoms with Crippen molar-refractivity contribution in [2.75, 3.05) is 6.61 Å². The summed E-state index contributed by atoms with van der Waals surface area (Å²) < 4.78 is 0. The molecule has 0 spiro atoms. The van der Waals surface area contributed by atoms with Gasteiger partial charge in [-0.3, -0.25) is 0 Å². The topological polar surface area (TPSA) is 101 Å². The standard InChI is InChI=1S/C19H20O5/c20-11-17(22)15(13-9-5-2-6-10-13)19(17,24)18(23)14(16(18)21)12-7-3-1-4-8-12/h1-10,14-16,20-24H,11H2/t14?,15?,16?,17-,18-,19-/m1/s1. The maximum Gasteiger partial charge on any atom is 0.138 e.